The lowest BCUT2D eigenvalue weighted by atomic mass is 9.83. The zero-order chi connectivity index (χ0) is 33.5. The molecule has 7 nitrogen and oxygen atoms in total. The molecule has 0 bridgehead atoms. The Bertz CT molecular complexity index is 1680. The average Bonchev–Trinajstić information content (AvgIpc) is 3.12. The van der Waals surface area contributed by atoms with Crippen LogP contribution in [0, 0.1) is 11.8 Å². The number of rotatable bonds is 12. The molecule has 2 fully saturated rings. The number of hydrogen-bond donors (Lipinski definition) is 2. The molecule has 2 saturated carbocycles. The van der Waals surface area contributed by atoms with E-state index in [0.717, 1.165) is 48.0 Å². The molecule has 0 aliphatic heterocycles. The molecule has 1 atom stereocenters. The van der Waals surface area contributed by atoms with E-state index in [9.17, 15) is 9.59 Å². The number of nitrogens with zero attached hydrogens (tertiary/aromatic N) is 3. The zero-order valence-corrected chi connectivity index (χ0v) is 29.0. The molecule has 6 rings (SSSR count). The minimum Gasteiger partial charge on any atom is -0.362 e. The lowest BCUT2D eigenvalue weighted by molar-refractivity contribution is -0.125. The Kier molecular flexibility index (Phi) is 11.3. The third-order valence-electron chi connectivity index (χ3n) is 10.3. The molecule has 1 aromatic heterocycles. The van der Waals surface area contributed by atoms with Crippen molar-refractivity contribution < 1.29 is 9.59 Å². The predicted octanol–water partition coefficient (Wildman–Crippen LogP) is 8.62. The maximum Gasteiger partial charge on any atom is 0.225 e. The average molecular weight is 666 g/mol. The van der Waals surface area contributed by atoms with Crippen LogP contribution in [-0.2, 0) is 11.2 Å². The SMILES string of the molecule is CN(C)c1nc(NC2CCC(CNC(=O)C(CC(=O)c3ccc(C4CCCCC4)cc3)Cc3ccc(Cl)cc3)CC2)nc2ccccc12. The number of nitrogens with one attached hydrogen (secondary N) is 2. The normalized spacial score (nSPS) is 19.1. The summed E-state index contributed by atoms with van der Waals surface area (Å²) in [4.78, 5) is 38.8. The van der Waals surface area contributed by atoms with Crippen LogP contribution < -0.4 is 15.5 Å². The Morgan fingerprint density at radius 1 is 0.854 bits per heavy atom. The number of Topliss-reactive ketones (excluding diaryl/α,β-unsaturated/α-hetero) is 1. The number of aromatic nitrogens is 2. The minimum atomic E-state index is -0.453. The Morgan fingerprint density at radius 2 is 1.56 bits per heavy atom. The standard InChI is InChI=1S/C40H48ClN5O2/c1-46(2)38-35-10-6-7-11-36(35)44-40(45-38)43-34-22-14-28(15-23-34)26-42-39(48)32(24-27-12-20-33(41)21-13-27)25-37(47)31-18-16-30(17-19-31)29-8-4-3-5-9-29/h6-7,10-13,16-21,28-29,32,34H,3-5,8-9,14-15,22-26H2,1-2H3,(H,42,48)(H,43,44,45). The van der Waals surface area contributed by atoms with E-state index in [0.29, 0.717) is 41.3 Å². The van der Waals surface area contributed by atoms with E-state index >= 15 is 0 Å². The first-order chi connectivity index (χ1) is 23.3. The summed E-state index contributed by atoms with van der Waals surface area (Å²) in [6, 6.07) is 24.1. The van der Waals surface area contributed by atoms with Gasteiger partial charge in [-0.25, -0.2) is 4.98 Å². The summed E-state index contributed by atoms with van der Waals surface area (Å²) in [5.74, 6) is 2.05. The van der Waals surface area contributed by atoms with E-state index in [2.05, 4.69) is 28.8 Å². The number of fused-ring (bicyclic) bond motifs is 1. The van der Waals surface area contributed by atoms with Crippen LogP contribution in [0.1, 0.15) is 91.6 Å². The number of hydrogen-bond acceptors (Lipinski definition) is 6. The summed E-state index contributed by atoms with van der Waals surface area (Å²) in [7, 11) is 4.01. The molecule has 8 heteroatoms. The van der Waals surface area contributed by atoms with E-state index in [1.54, 1.807) is 0 Å². The third kappa shape index (κ3) is 8.73. The first-order valence-electron chi connectivity index (χ1n) is 17.7. The first-order valence-corrected chi connectivity index (χ1v) is 18.1. The topological polar surface area (TPSA) is 87.2 Å². The molecule has 4 aromatic rings. The quantitative estimate of drug-likeness (QED) is 0.147. The number of para-hydroxylation sites is 1. The fourth-order valence-electron chi connectivity index (χ4n) is 7.43. The van der Waals surface area contributed by atoms with Crippen LogP contribution >= 0.6 is 11.6 Å². The lowest BCUT2D eigenvalue weighted by Crippen LogP contribution is -2.38. The highest BCUT2D eigenvalue weighted by atomic mass is 35.5. The molecule has 0 radical (unpaired) electrons. The summed E-state index contributed by atoms with van der Waals surface area (Å²) in [5.41, 5.74) is 3.94. The number of amides is 1. The van der Waals surface area contributed by atoms with E-state index < -0.39 is 5.92 Å². The van der Waals surface area contributed by atoms with Crippen LogP contribution in [0.3, 0.4) is 0 Å². The molecule has 0 spiro atoms. The second-order valence-electron chi connectivity index (χ2n) is 14.0. The van der Waals surface area contributed by atoms with Gasteiger partial charge in [-0.2, -0.15) is 4.98 Å². The Balaban J connectivity index is 1.04. The Labute approximate surface area is 289 Å². The van der Waals surface area contributed by atoms with Crippen molar-refractivity contribution >= 4 is 46.0 Å². The molecule has 3 aromatic carbocycles. The van der Waals surface area contributed by atoms with Crippen molar-refractivity contribution in [2.45, 2.75) is 82.6 Å². The van der Waals surface area contributed by atoms with Gasteiger partial charge in [-0.1, -0.05) is 79.4 Å². The van der Waals surface area contributed by atoms with Gasteiger partial charge in [0.1, 0.15) is 5.82 Å². The number of carbonyl (C=O) groups is 2. The monoisotopic (exact) mass is 665 g/mol. The summed E-state index contributed by atoms with van der Waals surface area (Å²) in [5, 5.41) is 8.50. The van der Waals surface area contributed by atoms with E-state index in [1.807, 2.05) is 73.6 Å². The minimum absolute atomic E-state index is 0.0132. The molecular weight excluding hydrogens is 618 g/mol. The van der Waals surface area contributed by atoms with Crippen molar-refractivity contribution in [1.82, 2.24) is 15.3 Å². The van der Waals surface area contributed by atoms with Gasteiger partial charge in [0.25, 0.3) is 0 Å². The lowest BCUT2D eigenvalue weighted by Gasteiger charge is -2.30. The maximum absolute atomic E-state index is 13.7. The molecule has 2 aliphatic carbocycles. The number of ketones is 1. The largest absolute Gasteiger partial charge is 0.362 e. The molecule has 2 N–H and O–H groups in total. The van der Waals surface area contributed by atoms with Crippen molar-refractivity contribution in [2.24, 2.45) is 11.8 Å². The fourth-order valence-corrected chi connectivity index (χ4v) is 7.56. The Morgan fingerprint density at radius 3 is 2.27 bits per heavy atom. The maximum atomic E-state index is 13.7. The van der Waals surface area contributed by atoms with E-state index in [1.165, 1.54) is 37.7 Å². The molecule has 2 aliphatic rings. The molecule has 252 valence electrons. The number of benzene rings is 3. The molecule has 48 heavy (non-hydrogen) atoms. The second kappa shape index (κ2) is 16.0. The van der Waals surface area contributed by atoms with Crippen molar-refractivity contribution in [3.05, 3.63) is 94.5 Å². The molecule has 1 heterocycles. The molecule has 0 saturated heterocycles. The van der Waals surface area contributed by atoms with Crippen LogP contribution in [-0.4, -0.2) is 48.3 Å². The Hall–Kier alpha value is -3.97. The summed E-state index contributed by atoms with van der Waals surface area (Å²) in [6.07, 6.45) is 11.0. The zero-order valence-electron chi connectivity index (χ0n) is 28.3. The summed E-state index contributed by atoms with van der Waals surface area (Å²) >= 11 is 6.13. The van der Waals surface area contributed by atoms with Crippen LogP contribution in [0.25, 0.3) is 10.9 Å². The van der Waals surface area contributed by atoms with Crippen LogP contribution in [0.15, 0.2) is 72.8 Å². The third-order valence-corrected chi connectivity index (χ3v) is 10.5. The number of anilines is 2. The highest BCUT2D eigenvalue weighted by Crippen LogP contribution is 2.33. The van der Waals surface area contributed by atoms with Gasteiger partial charge in [0.05, 0.1) is 5.52 Å². The number of carbonyl (C=O) groups excluding carboxylic acids is 2. The molecule has 1 unspecified atom stereocenters. The van der Waals surface area contributed by atoms with Gasteiger partial charge in [-0.15, -0.1) is 0 Å². The van der Waals surface area contributed by atoms with Gasteiger partial charge in [-0.05, 0) is 92.2 Å². The second-order valence-corrected chi connectivity index (χ2v) is 14.4. The van der Waals surface area contributed by atoms with Gasteiger partial charge in [0.15, 0.2) is 5.78 Å². The van der Waals surface area contributed by atoms with Crippen molar-refractivity contribution in [1.29, 1.82) is 0 Å². The summed E-state index contributed by atoms with van der Waals surface area (Å²) < 4.78 is 0. The molecular formula is C40H48ClN5O2. The predicted molar refractivity (Wildman–Crippen MR) is 196 cm³/mol. The molecule has 1 amide bonds. The van der Waals surface area contributed by atoms with E-state index in [-0.39, 0.29) is 24.2 Å². The number of halogens is 1. The van der Waals surface area contributed by atoms with Gasteiger partial charge in [-0.3, -0.25) is 9.59 Å². The van der Waals surface area contributed by atoms with Crippen LogP contribution in [0.2, 0.25) is 5.02 Å². The van der Waals surface area contributed by atoms with Crippen molar-refractivity contribution in [3.63, 3.8) is 0 Å². The van der Waals surface area contributed by atoms with Gasteiger partial charge in [0.2, 0.25) is 11.9 Å². The first kappa shape index (κ1) is 33.9. The van der Waals surface area contributed by atoms with E-state index in [4.69, 9.17) is 21.6 Å². The van der Waals surface area contributed by atoms with Gasteiger partial charge in [0, 0.05) is 55.0 Å². The smallest absolute Gasteiger partial charge is 0.225 e. The summed E-state index contributed by atoms with van der Waals surface area (Å²) in [6.45, 7) is 0.615. The van der Waals surface area contributed by atoms with Crippen LogP contribution in [0.4, 0.5) is 11.8 Å². The van der Waals surface area contributed by atoms with Gasteiger partial charge < -0.3 is 15.5 Å². The highest BCUT2D eigenvalue weighted by molar-refractivity contribution is 6.30. The van der Waals surface area contributed by atoms with Crippen molar-refractivity contribution in [3.8, 4) is 0 Å². The van der Waals surface area contributed by atoms with Crippen molar-refractivity contribution in [2.75, 3.05) is 30.9 Å². The highest BCUT2D eigenvalue weighted by Gasteiger charge is 2.27. The van der Waals surface area contributed by atoms with Crippen LogP contribution in [0.5, 0.6) is 0 Å². The fraction of sp³-hybridized carbons (Fsp3) is 0.450. The van der Waals surface area contributed by atoms with Gasteiger partial charge >= 0.3 is 0 Å².